The molecule has 1 N–H and O–H groups in total. The van der Waals surface area contributed by atoms with Crippen LogP contribution in [0.25, 0.3) is 16.7 Å². The highest BCUT2D eigenvalue weighted by Gasteiger charge is 2.07. The molecule has 1 heterocycles. The van der Waals surface area contributed by atoms with Crippen molar-refractivity contribution in [1.29, 1.82) is 0 Å². The number of aromatic nitrogens is 1. The Morgan fingerprint density at radius 3 is 2.00 bits per heavy atom. The summed E-state index contributed by atoms with van der Waals surface area (Å²) in [5.41, 5.74) is 4.42. The molecule has 0 saturated carbocycles. The lowest BCUT2D eigenvalue weighted by Crippen LogP contribution is -3.00. The van der Waals surface area contributed by atoms with Crippen molar-refractivity contribution in [1.82, 2.24) is 0 Å². The van der Waals surface area contributed by atoms with Gasteiger partial charge in [0.1, 0.15) is 5.75 Å². The van der Waals surface area contributed by atoms with E-state index in [4.69, 9.17) is 0 Å². The van der Waals surface area contributed by atoms with Crippen LogP contribution in [0.3, 0.4) is 0 Å². The molecular formula is C20H17Br2NO. The highest BCUT2D eigenvalue weighted by atomic mass is 79.9. The number of allylic oxidation sites excluding steroid dienone is 1. The predicted molar refractivity (Wildman–Crippen MR) is 96.9 cm³/mol. The molecular weight excluding hydrogens is 430 g/mol. The smallest absolute Gasteiger partial charge is 0.173 e. The van der Waals surface area contributed by atoms with Gasteiger partial charge in [0, 0.05) is 22.2 Å². The van der Waals surface area contributed by atoms with E-state index in [1.807, 2.05) is 36.7 Å². The van der Waals surface area contributed by atoms with Gasteiger partial charge in [0.15, 0.2) is 18.9 Å². The molecule has 1 aromatic heterocycles. The van der Waals surface area contributed by atoms with Crippen LogP contribution in [0, 0.1) is 0 Å². The number of halogens is 2. The largest absolute Gasteiger partial charge is 1.00 e. The van der Waals surface area contributed by atoms with Crippen LogP contribution in [-0.2, 0) is 6.54 Å². The normalized spacial score (nSPS) is 10.0. The Bertz CT molecular complexity index is 810. The van der Waals surface area contributed by atoms with Crippen LogP contribution in [0.15, 0.2) is 84.1 Å². The van der Waals surface area contributed by atoms with E-state index in [0.29, 0.717) is 0 Å². The Morgan fingerprint density at radius 2 is 1.42 bits per heavy atom. The summed E-state index contributed by atoms with van der Waals surface area (Å²) in [6, 6.07) is 19.6. The minimum Gasteiger partial charge on any atom is -1.00 e. The van der Waals surface area contributed by atoms with Crippen LogP contribution in [0.2, 0.25) is 0 Å². The van der Waals surface area contributed by atoms with E-state index in [0.717, 1.165) is 33.3 Å². The zero-order valence-electron chi connectivity index (χ0n) is 13.0. The van der Waals surface area contributed by atoms with Gasteiger partial charge in [-0.25, -0.2) is 4.57 Å². The maximum atomic E-state index is 9.36. The molecule has 0 aliphatic carbocycles. The van der Waals surface area contributed by atoms with Crippen molar-refractivity contribution >= 4 is 21.5 Å². The molecule has 0 atom stereocenters. The van der Waals surface area contributed by atoms with Crippen molar-refractivity contribution in [2.75, 3.05) is 0 Å². The number of rotatable bonds is 4. The van der Waals surface area contributed by atoms with Crippen LogP contribution in [0.4, 0.5) is 0 Å². The average Bonchev–Trinajstić information content (AvgIpc) is 2.57. The number of nitrogens with zero attached hydrogens (tertiary/aromatic N) is 1. The molecule has 122 valence electrons. The topological polar surface area (TPSA) is 24.1 Å². The summed E-state index contributed by atoms with van der Waals surface area (Å²) in [7, 11) is 0. The molecule has 0 aliphatic heterocycles. The molecule has 3 rings (SSSR count). The summed E-state index contributed by atoms with van der Waals surface area (Å²) < 4.78 is 3.17. The third-order valence-electron chi connectivity index (χ3n) is 3.72. The van der Waals surface area contributed by atoms with Crippen molar-refractivity contribution in [3.05, 3.63) is 89.7 Å². The Balaban J connectivity index is 0.00000208. The SMILES string of the molecule is C=C(C[n+]1ccc(-c2ccc(O)cc2)cc1)c1ccc(Br)cc1.[Br-]. The highest BCUT2D eigenvalue weighted by molar-refractivity contribution is 9.10. The second-order valence-electron chi connectivity index (χ2n) is 5.42. The molecule has 3 aromatic rings. The molecule has 0 saturated heterocycles. The zero-order chi connectivity index (χ0) is 16.2. The lowest BCUT2D eigenvalue weighted by atomic mass is 10.1. The first-order chi connectivity index (χ1) is 11.1. The number of aromatic hydroxyl groups is 1. The summed E-state index contributed by atoms with van der Waals surface area (Å²) in [5.74, 6) is 0.283. The second-order valence-corrected chi connectivity index (χ2v) is 6.33. The molecule has 0 fully saturated rings. The lowest BCUT2D eigenvalue weighted by Gasteiger charge is -2.04. The fourth-order valence-electron chi connectivity index (χ4n) is 2.41. The molecule has 4 heteroatoms. The van der Waals surface area contributed by atoms with E-state index < -0.39 is 0 Å². The Labute approximate surface area is 161 Å². The van der Waals surface area contributed by atoms with Crippen molar-refractivity contribution in [2.45, 2.75) is 6.54 Å². The number of phenolic OH excluding ortho intramolecular Hbond substituents is 1. The van der Waals surface area contributed by atoms with Gasteiger partial charge in [0.25, 0.3) is 0 Å². The zero-order valence-corrected chi connectivity index (χ0v) is 16.2. The van der Waals surface area contributed by atoms with Crippen LogP contribution in [0.5, 0.6) is 5.75 Å². The molecule has 0 unspecified atom stereocenters. The van der Waals surface area contributed by atoms with Crippen LogP contribution < -0.4 is 21.5 Å². The third kappa shape index (κ3) is 4.56. The molecule has 0 radical (unpaired) electrons. The van der Waals surface area contributed by atoms with Crippen LogP contribution in [0.1, 0.15) is 5.56 Å². The van der Waals surface area contributed by atoms with Gasteiger partial charge in [-0.2, -0.15) is 0 Å². The highest BCUT2D eigenvalue weighted by Crippen LogP contribution is 2.21. The number of benzene rings is 2. The van der Waals surface area contributed by atoms with Gasteiger partial charge in [0.2, 0.25) is 0 Å². The van der Waals surface area contributed by atoms with E-state index in [2.05, 4.69) is 51.3 Å². The lowest BCUT2D eigenvalue weighted by molar-refractivity contribution is -0.684. The first kappa shape index (κ1) is 18.4. The summed E-state index contributed by atoms with van der Waals surface area (Å²) in [4.78, 5) is 0. The van der Waals surface area contributed by atoms with Crippen LogP contribution in [-0.4, -0.2) is 5.11 Å². The second kappa shape index (κ2) is 8.27. The molecule has 2 nitrogen and oxygen atoms in total. The van der Waals surface area contributed by atoms with Gasteiger partial charge in [-0.15, -0.1) is 0 Å². The minimum atomic E-state index is 0. The molecule has 0 bridgehead atoms. The predicted octanol–water partition coefficient (Wildman–Crippen LogP) is 1.83. The number of pyridine rings is 1. The van der Waals surface area contributed by atoms with E-state index in [-0.39, 0.29) is 22.7 Å². The van der Waals surface area contributed by atoms with Crippen molar-refractivity contribution in [3.8, 4) is 16.9 Å². The Morgan fingerprint density at radius 1 is 0.875 bits per heavy atom. The number of phenols is 1. The van der Waals surface area contributed by atoms with E-state index >= 15 is 0 Å². The van der Waals surface area contributed by atoms with Gasteiger partial charge >= 0.3 is 0 Å². The monoisotopic (exact) mass is 445 g/mol. The first-order valence-electron chi connectivity index (χ1n) is 7.34. The minimum absolute atomic E-state index is 0. The Kier molecular flexibility index (Phi) is 6.35. The standard InChI is InChI=1S/C20H16BrNO.BrH/c1-15(16-2-6-19(21)7-3-16)14-22-12-10-18(11-13-22)17-4-8-20(23)9-5-17;/h2-13H,1,14H2;1H. The fourth-order valence-corrected chi connectivity index (χ4v) is 2.67. The molecule has 0 amide bonds. The Hall–Kier alpha value is -1.91. The van der Waals surface area contributed by atoms with Gasteiger partial charge < -0.3 is 22.1 Å². The summed E-state index contributed by atoms with van der Waals surface area (Å²) >= 11 is 3.45. The summed E-state index contributed by atoms with van der Waals surface area (Å²) in [6.45, 7) is 4.92. The number of hydrogen-bond acceptors (Lipinski definition) is 1. The van der Waals surface area contributed by atoms with Gasteiger partial charge in [-0.1, -0.05) is 46.8 Å². The average molecular weight is 447 g/mol. The van der Waals surface area contributed by atoms with Crippen molar-refractivity contribution < 1.29 is 26.7 Å². The number of hydrogen-bond donors (Lipinski definition) is 1. The fraction of sp³-hybridized carbons (Fsp3) is 0.0500. The van der Waals surface area contributed by atoms with Gasteiger partial charge in [-0.05, 0) is 41.0 Å². The molecule has 0 spiro atoms. The quantitative estimate of drug-likeness (QED) is 0.607. The van der Waals surface area contributed by atoms with Gasteiger partial charge in [-0.3, -0.25) is 0 Å². The first-order valence-corrected chi connectivity index (χ1v) is 8.13. The molecule has 24 heavy (non-hydrogen) atoms. The van der Waals surface area contributed by atoms with Crippen molar-refractivity contribution in [2.24, 2.45) is 0 Å². The van der Waals surface area contributed by atoms with Gasteiger partial charge in [0.05, 0.1) is 0 Å². The maximum Gasteiger partial charge on any atom is 0.173 e. The molecule has 2 aromatic carbocycles. The van der Waals surface area contributed by atoms with Crippen LogP contribution >= 0.6 is 15.9 Å². The van der Waals surface area contributed by atoms with E-state index in [9.17, 15) is 5.11 Å². The van der Waals surface area contributed by atoms with E-state index in [1.165, 1.54) is 0 Å². The summed E-state index contributed by atoms with van der Waals surface area (Å²) in [5, 5.41) is 9.36. The molecule has 0 aliphatic rings. The maximum absolute atomic E-state index is 9.36. The van der Waals surface area contributed by atoms with E-state index in [1.54, 1.807) is 12.1 Å². The van der Waals surface area contributed by atoms with Crippen molar-refractivity contribution in [3.63, 3.8) is 0 Å². The third-order valence-corrected chi connectivity index (χ3v) is 4.25. The summed E-state index contributed by atoms with van der Waals surface area (Å²) in [6.07, 6.45) is 4.10.